The van der Waals surface area contributed by atoms with Gasteiger partial charge in [-0.15, -0.1) is 0 Å². The standard InChI is InChI=1S/C15H13BrO3/c1-2-18-13-4-3-5-14(9-13)19-15-8-12(16)7-6-11(15)10-17/h3-10H,2H2,1H3. The number of benzene rings is 2. The number of halogens is 1. The highest BCUT2D eigenvalue weighted by atomic mass is 79.9. The number of hydrogen-bond acceptors (Lipinski definition) is 3. The van der Waals surface area contributed by atoms with Crippen molar-refractivity contribution in [1.29, 1.82) is 0 Å². The average Bonchev–Trinajstić information content (AvgIpc) is 2.40. The fourth-order valence-electron chi connectivity index (χ4n) is 1.62. The first-order valence-corrected chi connectivity index (χ1v) is 6.67. The van der Waals surface area contributed by atoms with Crippen molar-refractivity contribution in [2.45, 2.75) is 6.92 Å². The molecule has 2 aromatic rings. The molecule has 0 aliphatic heterocycles. The summed E-state index contributed by atoms with van der Waals surface area (Å²) in [6.07, 6.45) is 0.772. The van der Waals surface area contributed by atoms with Crippen LogP contribution in [0.4, 0.5) is 0 Å². The van der Waals surface area contributed by atoms with Gasteiger partial charge in [0.2, 0.25) is 0 Å². The lowest BCUT2D eigenvalue weighted by atomic mass is 10.2. The van der Waals surface area contributed by atoms with Crippen molar-refractivity contribution in [3.8, 4) is 17.2 Å². The Hall–Kier alpha value is -1.81. The molecule has 0 saturated heterocycles. The van der Waals surface area contributed by atoms with Crippen molar-refractivity contribution >= 4 is 22.2 Å². The van der Waals surface area contributed by atoms with Gasteiger partial charge < -0.3 is 9.47 Å². The first kappa shape index (κ1) is 13.6. The summed E-state index contributed by atoms with van der Waals surface area (Å²) in [6.45, 7) is 2.52. The Morgan fingerprint density at radius 3 is 2.68 bits per heavy atom. The molecule has 0 amide bonds. The Morgan fingerprint density at radius 2 is 1.95 bits per heavy atom. The van der Waals surface area contributed by atoms with Gasteiger partial charge in [-0.1, -0.05) is 22.0 Å². The molecule has 0 aromatic heterocycles. The highest BCUT2D eigenvalue weighted by Crippen LogP contribution is 2.29. The molecule has 2 rings (SSSR count). The lowest BCUT2D eigenvalue weighted by molar-refractivity contribution is 0.112. The predicted molar refractivity (Wildman–Crippen MR) is 77.2 cm³/mol. The maximum absolute atomic E-state index is 11.0. The second kappa shape index (κ2) is 6.38. The molecule has 98 valence electrons. The Labute approximate surface area is 120 Å². The highest BCUT2D eigenvalue weighted by molar-refractivity contribution is 9.10. The van der Waals surface area contributed by atoms with Crippen LogP contribution < -0.4 is 9.47 Å². The minimum atomic E-state index is 0.505. The van der Waals surface area contributed by atoms with E-state index in [1.54, 1.807) is 24.3 Å². The van der Waals surface area contributed by atoms with E-state index in [-0.39, 0.29) is 0 Å². The van der Waals surface area contributed by atoms with Crippen LogP contribution in [-0.2, 0) is 0 Å². The van der Waals surface area contributed by atoms with Gasteiger partial charge >= 0.3 is 0 Å². The summed E-state index contributed by atoms with van der Waals surface area (Å²) in [6, 6.07) is 12.6. The second-order valence-electron chi connectivity index (χ2n) is 3.81. The molecule has 0 unspecified atom stereocenters. The molecule has 0 bridgehead atoms. The van der Waals surface area contributed by atoms with Gasteiger partial charge in [-0.05, 0) is 37.3 Å². The number of carbonyl (C=O) groups is 1. The van der Waals surface area contributed by atoms with E-state index in [1.807, 2.05) is 25.1 Å². The molecular formula is C15H13BrO3. The summed E-state index contributed by atoms with van der Waals surface area (Å²) < 4.78 is 12.0. The van der Waals surface area contributed by atoms with Gasteiger partial charge in [-0.3, -0.25) is 4.79 Å². The number of ether oxygens (including phenoxy) is 2. The van der Waals surface area contributed by atoms with E-state index in [2.05, 4.69) is 15.9 Å². The molecule has 4 heteroatoms. The Balaban J connectivity index is 2.27. The van der Waals surface area contributed by atoms with Crippen molar-refractivity contribution in [2.24, 2.45) is 0 Å². The van der Waals surface area contributed by atoms with Gasteiger partial charge in [0.1, 0.15) is 17.2 Å². The molecule has 0 spiro atoms. The quantitative estimate of drug-likeness (QED) is 0.763. The maximum atomic E-state index is 11.0. The van der Waals surface area contributed by atoms with Gasteiger partial charge in [-0.2, -0.15) is 0 Å². The third kappa shape index (κ3) is 3.58. The molecule has 0 aliphatic rings. The fourth-order valence-corrected chi connectivity index (χ4v) is 1.96. The molecular weight excluding hydrogens is 308 g/mol. The minimum absolute atomic E-state index is 0.505. The second-order valence-corrected chi connectivity index (χ2v) is 4.73. The zero-order chi connectivity index (χ0) is 13.7. The minimum Gasteiger partial charge on any atom is -0.494 e. The molecule has 0 N–H and O–H groups in total. The predicted octanol–water partition coefficient (Wildman–Crippen LogP) is 4.45. The van der Waals surface area contributed by atoms with Crippen molar-refractivity contribution in [2.75, 3.05) is 6.61 Å². The summed E-state index contributed by atoms with van der Waals surface area (Å²) in [4.78, 5) is 11.0. The van der Waals surface area contributed by atoms with Crippen molar-refractivity contribution in [1.82, 2.24) is 0 Å². The SMILES string of the molecule is CCOc1cccc(Oc2cc(Br)ccc2C=O)c1. The van der Waals surface area contributed by atoms with Crippen LogP contribution in [0.25, 0.3) is 0 Å². The zero-order valence-electron chi connectivity index (χ0n) is 10.4. The highest BCUT2D eigenvalue weighted by Gasteiger charge is 2.06. The zero-order valence-corrected chi connectivity index (χ0v) is 12.0. The monoisotopic (exact) mass is 320 g/mol. The molecule has 0 fully saturated rings. The van der Waals surface area contributed by atoms with Crippen LogP contribution in [0.3, 0.4) is 0 Å². The van der Waals surface area contributed by atoms with Crippen LogP contribution in [0.2, 0.25) is 0 Å². The molecule has 0 heterocycles. The third-order valence-electron chi connectivity index (χ3n) is 2.45. The summed E-state index contributed by atoms with van der Waals surface area (Å²) in [7, 11) is 0. The van der Waals surface area contributed by atoms with Crippen LogP contribution in [0.1, 0.15) is 17.3 Å². The Kier molecular flexibility index (Phi) is 4.58. The van der Waals surface area contributed by atoms with Crippen LogP contribution >= 0.6 is 15.9 Å². The van der Waals surface area contributed by atoms with Crippen molar-refractivity contribution < 1.29 is 14.3 Å². The Morgan fingerprint density at radius 1 is 1.16 bits per heavy atom. The molecule has 19 heavy (non-hydrogen) atoms. The lowest BCUT2D eigenvalue weighted by Gasteiger charge is -2.10. The van der Waals surface area contributed by atoms with Crippen molar-refractivity contribution in [3.05, 3.63) is 52.5 Å². The normalized spacial score (nSPS) is 10.0. The van der Waals surface area contributed by atoms with E-state index in [4.69, 9.17) is 9.47 Å². The molecule has 0 atom stereocenters. The maximum Gasteiger partial charge on any atom is 0.153 e. The van der Waals surface area contributed by atoms with Gasteiger partial charge in [0.25, 0.3) is 0 Å². The molecule has 2 aromatic carbocycles. The molecule has 0 radical (unpaired) electrons. The van der Waals surface area contributed by atoms with E-state index in [0.29, 0.717) is 23.7 Å². The van der Waals surface area contributed by atoms with E-state index >= 15 is 0 Å². The summed E-state index contributed by atoms with van der Waals surface area (Å²) >= 11 is 3.36. The molecule has 0 aliphatic carbocycles. The van der Waals surface area contributed by atoms with Gasteiger partial charge in [0, 0.05) is 10.5 Å². The Bertz CT molecular complexity index is 581. The summed E-state index contributed by atoms with van der Waals surface area (Å²) in [5.41, 5.74) is 0.505. The van der Waals surface area contributed by atoms with Crippen molar-refractivity contribution in [3.63, 3.8) is 0 Å². The van der Waals surface area contributed by atoms with Crippen LogP contribution in [0, 0.1) is 0 Å². The topological polar surface area (TPSA) is 35.5 Å². The van der Waals surface area contributed by atoms with E-state index in [1.165, 1.54) is 0 Å². The third-order valence-corrected chi connectivity index (χ3v) is 2.94. The number of carbonyl (C=O) groups excluding carboxylic acids is 1. The molecule has 3 nitrogen and oxygen atoms in total. The molecule has 0 saturated carbocycles. The fraction of sp³-hybridized carbons (Fsp3) is 0.133. The largest absolute Gasteiger partial charge is 0.494 e. The van der Waals surface area contributed by atoms with Gasteiger partial charge in [0.05, 0.1) is 12.2 Å². The lowest BCUT2D eigenvalue weighted by Crippen LogP contribution is -1.93. The van der Waals surface area contributed by atoms with E-state index < -0.39 is 0 Å². The van der Waals surface area contributed by atoms with Gasteiger partial charge in [0.15, 0.2) is 6.29 Å². The average molecular weight is 321 g/mol. The van der Waals surface area contributed by atoms with E-state index in [0.717, 1.165) is 16.5 Å². The van der Waals surface area contributed by atoms with Crippen LogP contribution in [0.5, 0.6) is 17.2 Å². The van der Waals surface area contributed by atoms with Crippen LogP contribution in [0.15, 0.2) is 46.9 Å². The van der Waals surface area contributed by atoms with E-state index in [9.17, 15) is 4.79 Å². The number of aldehydes is 1. The summed E-state index contributed by atoms with van der Waals surface area (Å²) in [5, 5.41) is 0. The van der Waals surface area contributed by atoms with Gasteiger partial charge in [-0.25, -0.2) is 0 Å². The number of hydrogen-bond donors (Lipinski definition) is 0. The smallest absolute Gasteiger partial charge is 0.153 e. The first-order chi connectivity index (χ1) is 9.22. The number of rotatable bonds is 5. The first-order valence-electron chi connectivity index (χ1n) is 5.88. The summed E-state index contributed by atoms with van der Waals surface area (Å²) in [5.74, 6) is 1.88. The van der Waals surface area contributed by atoms with Crippen LogP contribution in [-0.4, -0.2) is 12.9 Å².